The predicted molar refractivity (Wildman–Crippen MR) is 88.1 cm³/mol. The molecule has 8 heteroatoms. The molecule has 0 aliphatic heterocycles. The Kier molecular flexibility index (Phi) is 4.65. The van der Waals surface area contributed by atoms with Gasteiger partial charge in [0.15, 0.2) is 0 Å². The zero-order valence-electron chi connectivity index (χ0n) is 12.1. The van der Waals surface area contributed by atoms with Gasteiger partial charge in [0.25, 0.3) is 0 Å². The molecule has 0 fully saturated rings. The molecule has 0 aliphatic rings. The van der Waals surface area contributed by atoms with E-state index in [9.17, 15) is 9.90 Å². The van der Waals surface area contributed by atoms with Crippen LogP contribution in [-0.2, 0) is 0 Å². The highest BCUT2D eigenvalue weighted by Gasteiger charge is 2.13. The van der Waals surface area contributed by atoms with Gasteiger partial charge in [-0.2, -0.15) is 16.4 Å². The Morgan fingerprint density at radius 3 is 3.04 bits per heavy atom. The number of aliphatic hydroxyl groups is 1. The van der Waals surface area contributed by atoms with Crippen LogP contribution >= 0.6 is 11.3 Å². The molecule has 1 atom stereocenters. The van der Waals surface area contributed by atoms with E-state index >= 15 is 0 Å². The predicted octanol–water partition coefficient (Wildman–Crippen LogP) is 2.39. The van der Waals surface area contributed by atoms with Crippen molar-refractivity contribution in [3.8, 4) is 11.4 Å². The van der Waals surface area contributed by atoms with E-state index in [1.807, 2.05) is 35.0 Å². The molecule has 7 nitrogen and oxygen atoms in total. The second-order valence-corrected chi connectivity index (χ2v) is 5.56. The summed E-state index contributed by atoms with van der Waals surface area (Å²) in [5, 5.41) is 25.7. The molecule has 23 heavy (non-hydrogen) atoms. The van der Waals surface area contributed by atoms with Crippen LogP contribution in [-0.4, -0.2) is 32.9 Å². The smallest absolute Gasteiger partial charge is 0.319 e. The molecule has 0 spiro atoms. The lowest BCUT2D eigenvalue weighted by atomic mass is 10.2. The van der Waals surface area contributed by atoms with Gasteiger partial charge in [-0.05, 0) is 34.5 Å². The number of aliphatic hydroxyl groups excluding tert-OH is 1. The number of urea groups is 1. The largest absolute Gasteiger partial charge is 0.387 e. The summed E-state index contributed by atoms with van der Waals surface area (Å²) in [5.41, 5.74) is 2.61. The Morgan fingerprint density at radius 1 is 1.39 bits per heavy atom. The van der Waals surface area contributed by atoms with Gasteiger partial charge in [0.2, 0.25) is 0 Å². The monoisotopic (exact) mass is 329 g/mol. The van der Waals surface area contributed by atoms with Crippen molar-refractivity contribution in [1.82, 2.24) is 20.5 Å². The number of aromatic nitrogens is 3. The molecule has 3 rings (SSSR count). The summed E-state index contributed by atoms with van der Waals surface area (Å²) in [5.74, 6) is 0. The summed E-state index contributed by atoms with van der Waals surface area (Å²) in [4.78, 5) is 16.2. The normalized spacial score (nSPS) is 11.9. The first kappa shape index (κ1) is 15.2. The lowest BCUT2D eigenvalue weighted by Gasteiger charge is -2.11. The van der Waals surface area contributed by atoms with Crippen LogP contribution in [0.5, 0.6) is 0 Å². The first-order valence-corrected chi connectivity index (χ1v) is 7.88. The Morgan fingerprint density at radius 2 is 2.30 bits per heavy atom. The summed E-state index contributed by atoms with van der Waals surface area (Å²) in [7, 11) is 0. The third-order valence-corrected chi connectivity index (χ3v) is 3.89. The van der Waals surface area contributed by atoms with Crippen molar-refractivity contribution in [2.45, 2.75) is 6.10 Å². The van der Waals surface area contributed by atoms with Crippen molar-refractivity contribution in [2.75, 3.05) is 11.9 Å². The van der Waals surface area contributed by atoms with Crippen LogP contribution in [0.1, 0.15) is 11.7 Å². The van der Waals surface area contributed by atoms with Crippen molar-refractivity contribution in [3.63, 3.8) is 0 Å². The Bertz CT molecular complexity index is 757. The van der Waals surface area contributed by atoms with Gasteiger partial charge in [0.1, 0.15) is 5.69 Å². The van der Waals surface area contributed by atoms with E-state index in [0.717, 1.165) is 5.56 Å². The van der Waals surface area contributed by atoms with Crippen LogP contribution in [0.4, 0.5) is 10.5 Å². The number of carbonyl (C=O) groups excluding carboxylic acids is 1. The number of nitrogens with one attached hydrogen (secondary N) is 3. The molecule has 3 aromatic rings. The number of rotatable bonds is 5. The number of anilines is 1. The van der Waals surface area contributed by atoms with E-state index in [0.29, 0.717) is 17.1 Å². The molecule has 118 valence electrons. The zero-order chi connectivity index (χ0) is 16.1. The number of aromatic amines is 1. The minimum Gasteiger partial charge on any atom is -0.387 e. The number of thiophene rings is 1. The average Bonchev–Trinajstić information content (AvgIpc) is 3.25. The minimum atomic E-state index is -0.730. The van der Waals surface area contributed by atoms with Crippen molar-refractivity contribution in [1.29, 1.82) is 0 Å². The van der Waals surface area contributed by atoms with Crippen LogP contribution in [0.25, 0.3) is 11.4 Å². The molecule has 0 aliphatic carbocycles. The van der Waals surface area contributed by atoms with Crippen LogP contribution in [0, 0.1) is 0 Å². The second-order valence-electron chi connectivity index (χ2n) is 4.78. The summed E-state index contributed by atoms with van der Waals surface area (Å²) in [6.07, 6.45) is 2.45. The number of nitrogens with zero attached hydrogens (tertiary/aromatic N) is 2. The molecular weight excluding hydrogens is 314 g/mol. The van der Waals surface area contributed by atoms with E-state index in [-0.39, 0.29) is 6.54 Å². The molecular formula is C15H15N5O2S. The van der Waals surface area contributed by atoms with Crippen LogP contribution in [0.15, 0.2) is 47.4 Å². The highest BCUT2D eigenvalue weighted by molar-refractivity contribution is 7.07. The molecule has 0 saturated carbocycles. The number of pyridine rings is 1. The molecule has 3 aromatic heterocycles. The van der Waals surface area contributed by atoms with Crippen LogP contribution in [0.2, 0.25) is 0 Å². The summed E-state index contributed by atoms with van der Waals surface area (Å²) >= 11 is 1.50. The van der Waals surface area contributed by atoms with Crippen molar-refractivity contribution in [2.24, 2.45) is 0 Å². The van der Waals surface area contributed by atoms with Crippen LogP contribution in [0.3, 0.4) is 0 Å². The maximum Gasteiger partial charge on any atom is 0.319 e. The maximum atomic E-state index is 12.0. The fourth-order valence-corrected chi connectivity index (χ4v) is 2.73. The zero-order valence-corrected chi connectivity index (χ0v) is 12.9. The molecule has 1 unspecified atom stereocenters. The minimum absolute atomic E-state index is 0.124. The fourth-order valence-electron chi connectivity index (χ4n) is 2.03. The fraction of sp³-hybridized carbons (Fsp3) is 0.133. The summed E-state index contributed by atoms with van der Waals surface area (Å²) < 4.78 is 0. The van der Waals surface area contributed by atoms with Crippen molar-refractivity contribution in [3.05, 3.63) is 53.0 Å². The van der Waals surface area contributed by atoms with Crippen molar-refractivity contribution >= 4 is 23.1 Å². The molecule has 0 radical (unpaired) electrons. The molecule has 4 N–H and O–H groups in total. The maximum absolute atomic E-state index is 12.0. The van der Waals surface area contributed by atoms with E-state index < -0.39 is 12.1 Å². The van der Waals surface area contributed by atoms with Gasteiger partial charge in [-0.3, -0.25) is 10.1 Å². The second kappa shape index (κ2) is 7.03. The summed E-state index contributed by atoms with van der Waals surface area (Å²) in [6, 6.07) is 6.88. The van der Waals surface area contributed by atoms with Crippen LogP contribution < -0.4 is 10.6 Å². The Labute approximate surface area is 136 Å². The molecule has 0 aromatic carbocycles. The first-order valence-electron chi connectivity index (χ1n) is 6.94. The van der Waals surface area contributed by atoms with Gasteiger partial charge >= 0.3 is 6.03 Å². The molecule has 3 heterocycles. The van der Waals surface area contributed by atoms with E-state index in [1.165, 1.54) is 17.5 Å². The highest BCUT2D eigenvalue weighted by atomic mass is 32.1. The SMILES string of the molecule is O=C(NCC(O)c1ccsc1)Nc1cn[nH]c1-c1ccccn1. The lowest BCUT2D eigenvalue weighted by molar-refractivity contribution is 0.175. The number of carbonyl (C=O) groups is 1. The molecule has 0 bridgehead atoms. The van der Waals surface area contributed by atoms with E-state index in [1.54, 1.807) is 6.20 Å². The third kappa shape index (κ3) is 3.74. The summed E-state index contributed by atoms with van der Waals surface area (Å²) in [6.45, 7) is 0.124. The highest BCUT2D eigenvalue weighted by Crippen LogP contribution is 2.22. The number of hydrogen-bond donors (Lipinski definition) is 4. The third-order valence-electron chi connectivity index (χ3n) is 3.19. The standard InChI is InChI=1S/C15H15N5O2S/c21-13(10-4-6-23-9-10)8-17-15(22)19-12-7-18-20-14(12)11-3-1-2-5-16-11/h1-7,9,13,21H,8H2,(H,18,20)(H2,17,19,22). The van der Waals surface area contributed by atoms with Gasteiger partial charge < -0.3 is 15.7 Å². The molecule has 0 saturated heterocycles. The number of H-pyrrole nitrogens is 1. The van der Waals surface area contributed by atoms with E-state index in [4.69, 9.17) is 0 Å². The van der Waals surface area contributed by atoms with Gasteiger partial charge in [-0.15, -0.1) is 0 Å². The van der Waals surface area contributed by atoms with Gasteiger partial charge in [0, 0.05) is 12.7 Å². The average molecular weight is 329 g/mol. The van der Waals surface area contributed by atoms with Gasteiger partial charge in [0.05, 0.1) is 23.7 Å². The van der Waals surface area contributed by atoms with Gasteiger partial charge in [-0.25, -0.2) is 4.79 Å². The molecule has 2 amide bonds. The quantitative estimate of drug-likeness (QED) is 0.577. The first-order chi connectivity index (χ1) is 11.2. The van der Waals surface area contributed by atoms with E-state index in [2.05, 4.69) is 25.8 Å². The topological polar surface area (TPSA) is 103 Å². The lowest BCUT2D eigenvalue weighted by Crippen LogP contribution is -2.32. The van der Waals surface area contributed by atoms with Gasteiger partial charge in [-0.1, -0.05) is 6.07 Å². The number of hydrogen-bond acceptors (Lipinski definition) is 5. The Hall–Kier alpha value is -2.71. The number of amides is 2. The Balaban J connectivity index is 1.60. The van der Waals surface area contributed by atoms with Crippen molar-refractivity contribution < 1.29 is 9.90 Å².